The molecule has 0 atom stereocenters. The molecule has 5 heteroatoms. The van der Waals surface area contributed by atoms with Gasteiger partial charge in [0.1, 0.15) is 5.54 Å². The van der Waals surface area contributed by atoms with Crippen molar-refractivity contribution >= 4 is 11.7 Å². The van der Waals surface area contributed by atoms with Crippen LogP contribution in [0.25, 0.3) is 0 Å². The highest BCUT2D eigenvalue weighted by molar-refractivity contribution is 5.94. The first-order valence-electron chi connectivity index (χ1n) is 7.49. The van der Waals surface area contributed by atoms with E-state index in [1.54, 1.807) is 0 Å². The summed E-state index contributed by atoms with van der Waals surface area (Å²) in [4.78, 5) is 12.2. The van der Waals surface area contributed by atoms with Gasteiger partial charge in [-0.05, 0) is 24.8 Å². The Kier molecular flexibility index (Phi) is 5.20. The van der Waals surface area contributed by atoms with E-state index >= 15 is 0 Å². The van der Waals surface area contributed by atoms with Crippen LogP contribution in [0.4, 0.5) is 0 Å². The molecule has 1 aliphatic carbocycles. The second kappa shape index (κ2) is 7.11. The molecule has 21 heavy (non-hydrogen) atoms. The molecule has 0 bridgehead atoms. The lowest BCUT2D eigenvalue weighted by molar-refractivity contribution is -0.122. The fraction of sp³-hybridized carbons (Fsp3) is 0.500. The van der Waals surface area contributed by atoms with E-state index in [2.05, 4.69) is 10.5 Å². The predicted octanol–water partition coefficient (Wildman–Crippen LogP) is 2.18. The summed E-state index contributed by atoms with van der Waals surface area (Å²) in [7, 11) is 0. The van der Waals surface area contributed by atoms with Crippen molar-refractivity contribution in [2.24, 2.45) is 10.9 Å². The first-order valence-corrected chi connectivity index (χ1v) is 7.49. The summed E-state index contributed by atoms with van der Waals surface area (Å²) >= 11 is 0. The van der Waals surface area contributed by atoms with E-state index < -0.39 is 5.54 Å². The lowest BCUT2D eigenvalue weighted by Crippen LogP contribution is -2.58. The minimum atomic E-state index is -0.666. The molecule has 1 saturated carbocycles. The molecule has 0 unspecified atom stereocenters. The van der Waals surface area contributed by atoms with Gasteiger partial charge >= 0.3 is 0 Å². The maximum atomic E-state index is 12.2. The highest BCUT2D eigenvalue weighted by Gasteiger charge is 2.37. The first kappa shape index (κ1) is 15.4. The molecule has 114 valence electrons. The number of carbonyl (C=O) groups is 1. The Morgan fingerprint density at radius 3 is 2.52 bits per heavy atom. The lowest BCUT2D eigenvalue weighted by atomic mass is 9.80. The van der Waals surface area contributed by atoms with Crippen molar-refractivity contribution < 1.29 is 10.0 Å². The fourth-order valence-electron chi connectivity index (χ4n) is 2.93. The number of oxime groups is 1. The molecule has 4 N–H and O–H groups in total. The van der Waals surface area contributed by atoms with Gasteiger partial charge in [0.2, 0.25) is 5.91 Å². The number of hydrogen-bond acceptors (Lipinski definition) is 3. The average Bonchev–Trinajstić information content (AvgIpc) is 2.54. The number of benzene rings is 1. The Labute approximate surface area is 125 Å². The standard InChI is InChI=1S/C16H23N3O2/c17-15(19-21)16(11-5-2-6-12-16)18-14(20)10-9-13-7-3-1-4-8-13/h1,3-4,7-8,21H,2,5-6,9-12H2,(H2,17,19)(H,18,20). The summed E-state index contributed by atoms with van der Waals surface area (Å²) in [5, 5.41) is 15.1. The van der Waals surface area contributed by atoms with E-state index in [9.17, 15) is 4.79 Å². The first-order chi connectivity index (χ1) is 10.2. The van der Waals surface area contributed by atoms with Crippen molar-refractivity contribution in [2.75, 3.05) is 0 Å². The molecular formula is C16H23N3O2. The van der Waals surface area contributed by atoms with Crippen LogP contribution in [-0.4, -0.2) is 22.5 Å². The van der Waals surface area contributed by atoms with E-state index in [1.165, 1.54) is 0 Å². The number of aryl methyl sites for hydroxylation is 1. The van der Waals surface area contributed by atoms with Gasteiger partial charge in [0.25, 0.3) is 0 Å². The number of amidine groups is 1. The summed E-state index contributed by atoms with van der Waals surface area (Å²) in [6.45, 7) is 0. The van der Waals surface area contributed by atoms with Crippen LogP contribution in [0.5, 0.6) is 0 Å². The van der Waals surface area contributed by atoms with Crippen LogP contribution in [0.15, 0.2) is 35.5 Å². The third kappa shape index (κ3) is 3.97. The predicted molar refractivity (Wildman–Crippen MR) is 82.1 cm³/mol. The molecule has 5 nitrogen and oxygen atoms in total. The van der Waals surface area contributed by atoms with Gasteiger partial charge in [0.15, 0.2) is 5.84 Å². The van der Waals surface area contributed by atoms with Gasteiger partial charge in [-0.15, -0.1) is 0 Å². The monoisotopic (exact) mass is 289 g/mol. The van der Waals surface area contributed by atoms with Crippen molar-refractivity contribution in [3.8, 4) is 0 Å². The van der Waals surface area contributed by atoms with Gasteiger partial charge in [-0.2, -0.15) is 0 Å². The van der Waals surface area contributed by atoms with E-state index in [0.29, 0.717) is 12.8 Å². The van der Waals surface area contributed by atoms with Crippen LogP contribution in [0.2, 0.25) is 0 Å². The smallest absolute Gasteiger partial charge is 0.221 e. The number of hydrogen-bond donors (Lipinski definition) is 3. The summed E-state index contributed by atoms with van der Waals surface area (Å²) in [6.07, 6.45) is 5.66. The van der Waals surface area contributed by atoms with Crippen LogP contribution in [0, 0.1) is 0 Å². The number of nitrogens with zero attached hydrogens (tertiary/aromatic N) is 1. The summed E-state index contributed by atoms with van der Waals surface area (Å²) in [5.41, 5.74) is 6.29. The number of amides is 1. The highest BCUT2D eigenvalue weighted by atomic mass is 16.4. The summed E-state index contributed by atoms with van der Waals surface area (Å²) < 4.78 is 0. The molecule has 0 spiro atoms. The van der Waals surface area contributed by atoms with Crippen molar-refractivity contribution in [1.82, 2.24) is 5.32 Å². The van der Waals surface area contributed by atoms with Crippen LogP contribution >= 0.6 is 0 Å². The van der Waals surface area contributed by atoms with E-state index in [1.807, 2.05) is 30.3 Å². The van der Waals surface area contributed by atoms with E-state index in [0.717, 1.165) is 37.7 Å². The van der Waals surface area contributed by atoms with Gasteiger partial charge in [-0.25, -0.2) is 0 Å². The lowest BCUT2D eigenvalue weighted by Gasteiger charge is -2.36. The second-order valence-electron chi connectivity index (χ2n) is 5.66. The van der Waals surface area contributed by atoms with Crippen molar-refractivity contribution in [1.29, 1.82) is 0 Å². The van der Waals surface area contributed by atoms with Gasteiger partial charge < -0.3 is 16.3 Å². The Bertz CT molecular complexity index is 494. The minimum absolute atomic E-state index is 0.0487. The molecule has 0 heterocycles. The SMILES string of the molecule is N/C(=N/O)C1(NC(=O)CCc2ccccc2)CCCCC1. The molecule has 1 amide bonds. The molecule has 0 aromatic heterocycles. The highest BCUT2D eigenvalue weighted by Crippen LogP contribution is 2.28. The van der Waals surface area contributed by atoms with Crippen molar-refractivity contribution in [2.45, 2.75) is 50.5 Å². The fourth-order valence-corrected chi connectivity index (χ4v) is 2.93. The molecule has 1 aliphatic rings. The summed E-state index contributed by atoms with van der Waals surface area (Å²) in [6, 6.07) is 9.90. The van der Waals surface area contributed by atoms with Crippen LogP contribution < -0.4 is 11.1 Å². The zero-order valence-electron chi connectivity index (χ0n) is 12.2. The number of nitrogens with one attached hydrogen (secondary N) is 1. The molecule has 0 aliphatic heterocycles. The average molecular weight is 289 g/mol. The largest absolute Gasteiger partial charge is 0.409 e. The number of carbonyl (C=O) groups excluding carboxylic acids is 1. The van der Waals surface area contributed by atoms with Crippen molar-refractivity contribution in [3.63, 3.8) is 0 Å². The zero-order valence-corrected chi connectivity index (χ0v) is 12.2. The van der Waals surface area contributed by atoms with Crippen molar-refractivity contribution in [3.05, 3.63) is 35.9 Å². The van der Waals surface area contributed by atoms with Crippen LogP contribution in [0.1, 0.15) is 44.1 Å². The van der Waals surface area contributed by atoms with Gasteiger partial charge in [-0.1, -0.05) is 54.8 Å². The molecular weight excluding hydrogens is 266 g/mol. The molecule has 0 radical (unpaired) electrons. The minimum Gasteiger partial charge on any atom is -0.409 e. The Morgan fingerprint density at radius 1 is 1.24 bits per heavy atom. The third-order valence-corrected chi connectivity index (χ3v) is 4.17. The molecule has 1 fully saturated rings. The van der Waals surface area contributed by atoms with Gasteiger partial charge in [0, 0.05) is 6.42 Å². The Balaban J connectivity index is 1.95. The topological polar surface area (TPSA) is 87.7 Å². The molecule has 1 aromatic carbocycles. The number of rotatable bonds is 5. The van der Waals surface area contributed by atoms with E-state index in [-0.39, 0.29) is 11.7 Å². The van der Waals surface area contributed by atoms with E-state index in [4.69, 9.17) is 10.9 Å². The maximum Gasteiger partial charge on any atom is 0.221 e. The molecule has 0 saturated heterocycles. The zero-order chi connectivity index (χ0) is 15.1. The third-order valence-electron chi connectivity index (χ3n) is 4.17. The second-order valence-corrected chi connectivity index (χ2v) is 5.66. The Morgan fingerprint density at radius 2 is 1.90 bits per heavy atom. The molecule has 2 rings (SSSR count). The number of nitrogens with two attached hydrogens (primary N) is 1. The Hall–Kier alpha value is -2.04. The van der Waals surface area contributed by atoms with Gasteiger partial charge in [-0.3, -0.25) is 4.79 Å². The van der Waals surface area contributed by atoms with Crippen LogP contribution in [0.3, 0.4) is 0 Å². The summed E-state index contributed by atoms with van der Waals surface area (Å²) in [5.74, 6) is 0.0719. The quantitative estimate of drug-likeness (QED) is 0.336. The maximum absolute atomic E-state index is 12.2. The van der Waals surface area contributed by atoms with Gasteiger partial charge in [0.05, 0.1) is 0 Å². The van der Waals surface area contributed by atoms with Crippen LogP contribution in [-0.2, 0) is 11.2 Å². The molecule has 1 aromatic rings. The normalized spacial score (nSPS) is 18.2.